The fourth-order valence-electron chi connectivity index (χ4n) is 2.30. The van der Waals surface area contributed by atoms with Gasteiger partial charge in [0, 0.05) is 5.54 Å². The fourth-order valence-corrected chi connectivity index (χ4v) is 3.09. The van der Waals surface area contributed by atoms with Crippen molar-refractivity contribution >= 4 is 27.4 Å². The predicted molar refractivity (Wildman–Crippen MR) is 67.9 cm³/mol. The van der Waals surface area contributed by atoms with E-state index in [1.54, 1.807) is 17.7 Å². The van der Waals surface area contributed by atoms with Crippen molar-refractivity contribution in [2.24, 2.45) is 0 Å². The van der Waals surface area contributed by atoms with Gasteiger partial charge in [-0.05, 0) is 37.1 Å². The van der Waals surface area contributed by atoms with Crippen molar-refractivity contribution in [3.63, 3.8) is 0 Å². The van der Waals surface area contributed by atoms with Crippen LogP contribution in [0, 0.1) is 0 Å². The predicted octanol–water partition coefficient (Wildman–Crippen LogP) is 3.44. The van der Waals surface area contributed by atoms with Crippen LogP contribution < -0.4 is 5.32 Å². The van der Waals surface area contributed by atoms with E-state index in [1.807, 2.05) is 6.07 Å². The maximum absolute atomic E-state index is 4.38. The molecule has 2 heterocycles. The maximum Gasteiger partial charge on any atom is 0.147 e. The number of anilines is 1. The van der Waals surface area contributed by atoms with Crippen molar-refractivity contribution in [2.45, 2.75) is 38.1 Å². The van der Waals surface area contributed by atoms with E-state index in [0.29, 0.717) is 5.54 Å². The standard InChI is InChI=1S/C12H15N3S/c1-2-12(5-3-6-12)15-11-10-9(4-7-16-10)13-8-14-11/h4,7-8H,2-3,5-6H2,1H3,(H,13,14,15). The van der Waals surface area contributed by atoms with Crippen LogP contribution in [0.2, 0.25) is 0 Å². The molecule has 0 radical (unpaired) electrons. The Morgan fingerprint density at radius 1 is 1.44 bits per heavy atom. The molecule has 84 valence electrons. The average molecular weight is 233 g/mol. The van der Waals surface area contributed by atoms with Gasteiger partial charge >= 0.3 is 0 Å². The average Bonchev–Trinajstić information content (AvgIpc) is 2.72. The fraction of sp³-hybridized carbons (Fsp3) is 0.500. The van der Waals surface area contributed by atoms with Crippen molar-refractivity contribution in [3.05, 3.63) is 17.8 Å². The van der Waals surface area contributed by atoms with Gasteiger partial charge in [-0.15, -0.1) is 11.3 Å². The van der Waals surface area contributed by atoms with Crippen molar-refractivity contribution < 1.29 is 0 Å². The first kappa shape index (κ1) is 10.0. The molecular weight excluding hydrogens is 218 g/mol. The van der Waals surface area contributed by atoms with E-state index < -0.39 is 0 Å². The first-order valence-electron chi connectivity index (χ1n) is 5.79. The van der Waals surface area contributed by atoms with Gasteiger partial charge < -0.3 is 5.32 Å². The zero-order valence-electron chi connectivity index (χ0n) is 9.36. The van der Waals surface area contributed by atoms with Crippen LogP contribution in [0.3, 0.4) is 0 Å². The van der Waals surface area contributed by atoms with Crippen molar-refractivity contribution in [3.8, 4) is 0 Å². The molecule has 0 unspecified atom stereocenters. The summed E-state index contributed by atoms with van der Waals surface area (Å²) in [6.45, 7) is 2.25. The molecule has 0 aliphatic heterocycles. The smallest absolute Gasteiger partial charge is 0.147 e. The quantitative estimate of drug-likeness (QED) is 0.882. The van der Waals surface area contributed by atoms with E-state index in [0.717, 1.165) is 11.3 Å². The molecule has 3 rings (SSSR count). The van der Waals surface area contributed by atoms with Crippen LogP contribution in [0.25, 0.3) is 10.2 Å². The second-order valence-electron chi connectivity index (χ2n) is 4.47. The highest BCUT2D eigenvalue weighted by molar-refractivity contribution is 7.17. The molecular formula is C12H15N3S. The topological polar surface area (TPSA) is 37.8 Å². The van der Waals surface area contributed by atoms with Crippen LogP contribution in [-0.4, -0.2) is 15.5 Å². The molecule has 1 aliphatic rings. The van der Waals surface area contributed by atoms with Gasteiger partial charge in [-0.3, -0.25) is 0 Å². The highest BCUT2D eigenvalue weighted by atomic mass is 32.1. The Balaban J connectivity index is 1.96. The maximum atomic E-state index is 4.38. The molecule has 0 saturated heterocycles. The monoisotopic (exact) mass is 233 g/mol. The van der Waals surface area contributed by atoms with Crippen LogP contribution in [-0.2, 0) is 0 Å². The Labute approximate surface area is 98.9 Å². The summed E-state index contributed by atoms with van der Waals surface area (Å²) >= 11 is 1.71. The highest BCUT2D eigenvalue weighted by Crippen LogP contribution is 2.39. The minimum absolute atomic E-state index is 0.297. The molecule has 1 saturated carbocycles. The Morgan fingerprint density at radius 3 is 3.00 bits per heavy atom. The Kier molecular flexibility index (Phi) is 2.32. The highest BCUT2D eigenvalue weighted by Gasteiger charge is 2.35. The van der Waals surface area contributed by atoms with Crippen LogP contribution in [0.4, 0.5) is 5.82 Å². The van der Waals surface area contributed by atoms with Gasteiger partial charge in [0.1, 0.15) is 12.1 Å². The first-order valence-corrected chi connectivity index (χ1v) is 6.67. The van der Waals surface area contributed by atoms with Crippen molar-refractivity contribution in [2.75, 3.05) is 5.32 Å². The molecule has 1 fully saturated rings. The second-order valence-corrected chi connectivity index (χ2v) is 5.39. The van der Waals surface area contributed by atoms with Gasteiger partial charge in [-0.1, -0.05) is 6.92 Å². The lowest BCUT2D eigenvalue weighted by Gasteiger charge is -2.42. The number of hydrogen-bond acceptors (Lipinski definition) is 4. The summed E-state index contributed by atoms with van der Waals surface area (Å²) in [6, 6.07) is 2.05. The normalized spacial score (nSPS) is 18.3. The number of nitrogens with zero attached hydrogens (tertiary/aromatic N) is 2. The molecule has 2 aromatic heterocycles. The van der Waals surface area contributed by atoms with Crippen LogP contribution >= 0.6 is 11.3 Å². The zero-order valence-corrected chi connectivity index (χ0v) is 10.2. The van der Waals surface area contributed by atoms with Gasteiger partial charge in [0.05, 0.1) is 10.2 Å². The number of nitrogens with one attached hydrogen (secondary N) is 1. The van der Waals surface area contributed by atoms with E-state index in [9.17, 15) is 0 Å². The number of rotatable bonds is 3. The molecule has 0 aromatic carbocycles. The molecule has 4 heteroatoms. The summed E-state index contributed by atoms with van der Waals surface area (Å²) in [7, 11) is 0. The van der Waals surface area contributed by atoms with Crippen molar-refractivity contribution in [1.29, 1.82) is 0 Å². The zero-order chi connectivity index (χ0) is 11.0. The van der Waals surface area contributed by atoms with Gasteiger partial charge in [-0.2, -0.15) is 0 Å². The lowest BCUT2D eigenvalue weighted by Crippen LogP contribution is -2.44. The molecule has 3 nitrogen and oxygen atoms in total. The van der Waals surface area contributed by atoms with Gasteiger partial charge in [0.2, 0.25) is 0 Å². The Morgan fingerprint density at radius 2 is 2.31 bits per heavy atom. The second kappa shape index (κ2) is 3.70. The molecule has 0 bridgehead atoms. The molecule has 1 N–H and O–H groups in total. The summed E-state index contributed by atoms with van der Waals surface area (Å²) in [5.74, 6) is 1.02. The summed E-state index contributed by atoms with van der Waals surface area (Å²) < 4.78 is 1.18. The third-order valence-electron chi connectivity index (χ3n) is 3.61. The number of aromatic nitrogens is 2. The van der Waals surface area contributed by atoms with E-state index in [2.05, 4.69) is 27.6 Å². The third-order valence-corrected chi connectivity index (χ3v) is 4.52. The number of thiophene rings is 1. The minimum atomic E-state index is 0.297. The lowest BCUT2D eigenvalue weighted by atomic mass is 9.75. The van der Waals surface area contributed by atoms with Crippen LogP contribution in [0.15, 0.2) is 17.8 Å². The number of hydrogen-bond donors (Lipinski definition) is 1. The summed E-state index contributed by atoms with van der Waals surface area (Å²) in [5, 5.41) is 5.70. The minimum Gasteiger partial charge on any atom is -0.363 e. The molecule has 0 atom stereocenters. The first-order chi connectivity index (χ1) is 7.83. The van der Waals surface area contributed by atoms with Gasteiger partial charge in [-0.25, -0.2) is 9.97 Å². The third kappa shape index (κ3) is 1.48. The van der Waals surface area contributed by atoms with Crippen LogP contribution in [0.1, 0.15) is 32.6 Å². The summed E-state index contributed by atoms with van der Waals surface area (Å²) in [4.78, 5) is 8.64. The SMILES string of the molecule is CCC1(Nc2ncnc3ccsc23)CCC1. The van der Waals surface area contributed by atoms with E-state index in [1.165, 1.54) is 30.4 Å². The van der Waals surface area contributed by atoms with Gasteiger partial charge in [0.15, 0.2) is 0 Å². The van der Waals surface area contributed by atoms with E-state index in [4.69, 9.17) is 0 Å². The van der Waals surface area contributed by atoms with E-state index >= 15 is 0 Å². The Bertz CT molecular complexity index is 496. The molecule has 1 aliphatic carbocycles. The lowest BCUT2D eigenvalue weighted by molar-refractivity contribution is 0.269. The summed E-state index contributed by atoms with van der Waals surface area (Å²) in [6.07, 6.45) is 6.68. The molecule has 0 amide bonds. The van der Waals surface area contributed by atoms with E-state index in [-0.39, 0.29) is 0 Å². The number of fused-ring (bicyclic) bond motifs is 1. The Hall–Kier alpha value is -1.16. The van der Waals surface area contributed by atoms with Crippen LogP contribution in [0.5, 0.6) is 0 Å². The summed E-state index contributed by atoms with van der Waals surface area (Å²) in [5.41, 5.74) is 1.35. The molecule has 0 spiro atoms. The van der Waals surface area contributed by atoms with Gasteiger partial charge in [0.25, 0.3) is 0 Å². The largest absolute Gasteiger partial charge is 0.363 e. The molecule has 2 aromatic rings. The molecule has 16 heavy (non-hydrogen) atoms. The van der Waals surface area contributed by atoms with Crippen molar-refractivity contribution in [1.82, 2.24) is 9.97 Å².